The van der Waals surface area contributed by atoms with Crippen molar-refractivity contribution in [3.8, 4) is 0 Å². The number of carbonyl (C=O) groups is 1. The van der Waals surface area contributed by atoms with Crippen molar-refractivity contribution in [2.45, 2.75) is 6.54 Å². The molecule has 1 amide bonds. The Balaban J connectivity index is 2.15. The van der Waals surface area contributed by atoms with Crippen molar-refractivity contribution in [3.63, 3.8) is 0 Å². The standard InChI is InChI=1S/C14H12BrFN2O/c1-18(14(19)13-4-2-3-7-17-13)9-10-8-11(15)5-6-12(10)16/h2-8H,9H2,1H3. The Labute approximate surface area is 119 Å². The lowest BCUT2D eigenvalue weighted by Crippen LogP contribution is -2.27. The molecule has 1 aromatic heterocycles. The minimum absolute atomic E-state index is 0.195. The average molecular weight is 323 g/mol. The molecule has 1 aromatic carbocycles. The van der Waals surface area contributed by atoms with E-state index < -0.39 is 0 Å². The summed E-state index contributed by atoms with van der Waals surface area (Å²) in [7, 11) is 1.62. The summed E-state index contributed by atoms with van der Waals surface area (Å²) < 4.78 is 14.4. The molecule has 0 fully saturated rings. The molecule has 5 heteroatoms. The number of halogens is 2. The molecule has 0 aliphatic carbocycles. The quantitative estimate of drug-likeness (QED) is 0.869. The van der Waals surface area contributed by atoms with Crippen molar-refractivity contribution < 1.29 is 9.18 Å². The van der Waals surface area contributed by atoms with E-state index in [9.17, 15) is 9.18 Å². The predicted octanol–water partition coefficient (Wildman–Crippen LogP) is 3.26. The van der Waals surface area contributed by atoms with Gasteiger partial charge < -0.3 is 4.90 Å². The summed E-state index contributed by atoms with van der Waals surface area (Å²) >= 11 is 3.29. The van der Waals surface area contributed by atoms with Crippen LogP contribution in [0.1, 0.15) is 16.1 Å². The van der Waals surface area contributed by atoms with Crippen molar-refractivity contribution in [2.75, 3.05) is 7.05 Å². The van der Waals surface area contributed by atoms with Gasteiger partial charge in [-0.15, -0.1) is 0 Å². The average Bonchev–Trinajstić information content (AvgIpc) is 2.43. The summed E-state index contributed by atoms with van der Waals surface area (Å²) in [6, 6.07) is 9.78. The highest BCUT2D eigenvalue weighted by Crippen LogP contribution is 2.17. The number of pyridine rings is 1. The minimum Gasteiger partial charge on any atom is -0.336 e. The van der Waals surface area contributed by atoms with Crippen LogP contribution in [0.15, 0.2) is 47.1 Å². The molecule has 0 aliphatic heterocycles. The van der Waals surface area contributed by atoms with E-state index in [1.165, 1.54) is 11.0 Å². The molecule has 0 atom stereocenters. The summed E-state index contributed by atoms with van der Waals surface area (Å²) in [5, 5.41) is 0. The Hall–Kier alpha value is -1.75. The molecule has 0 saturated heterocycles. The van der Waals surface area contributed by atoms with Crippen molar-refractivity contribution in [1.29, 1.82) is 0 Å². The lowest BCUT2D eigenvalue weighted by molar-refractivity contribution is 0.0778. The first-order valence-electron chi connectivity index (χ1n) is 5.68. The number of hydrogen-bond donors (Lipinski definition) is 0. The van der Waals surface area contributed by atoms with Crippen LogP contribution in [0.2, 0.25) is 0 Å². The number of rotatable bonds is 3. The molecule has 0 spiro atoms. The second-order valence-electron chi connectivity index (χ2n) is 4.11. The first-order valence-corrected chi connectivity index (χ1v) is 6.47. The van der Waals surface area contributed by atoms with E-state index >= 15 is 0 Å². The Bertz CT molecular complexity index is 589. The third-order valence-electron chi connectivity index (χ3n) is 2.65. The van der Waals surface area contributed by atoms with Crippen LogP contribution >= 0.6 is 15.9 Å². The van der Waals surface area contributed by atoms with Gasteiger partial charge in [0.2, 0.25) is 0 Å². The van der Waals surface area contributed by atoms with E-state index in [-0.39, 0.29) is 18.3 Å². The van der Waals surface area contributed by atoms with Crippen LogP contribution in [0, 0.1) is 5.82 Å². The zero-order valence-electron chi connectivity index (χ0n) is 10.3. The highest BCUT2D eigenvalue weighted by Gasteiger charge is 2.14. The largest absolute Gasteiger partial charge is 0.336 e. The van der Waals surface area contributed by atoms with E-state index in [1.807, 2.05) is 0 Å². The van der Waals surface area contributed by atoms with Gasteiger partial charge in [0.15, 0.2) is 0 Å². The fraction of sp³-hybridized carbons (Fsp3) is 0.143. The van der Waals surface area contributed by atoms with Gasteiger partial charge in [0, 0.05) is 29.8 Å². The van der Waals surface area contributed by atoms with Gasteiger partial charge in [0.25, 0.3) is 5.91 Å². The Morgan fingerprint density at radius 3 is 2.84 bits per heavy atom. The molecule has 2 aromatic rings. The highest BCUT2D eigenvalue weighted by molar-refractivity contribution is 9.10. The SMILES string of the molecule is CN(Cc1cc(Br)ccc1F)C(=O)c1ccccn1. The van der Waals surface area contributed by atoms with Crippen molar-refractivity contribution in [3.05, 3.63) is 64.1 Å². The maximum Gasteiger partial charge on any atom is 0.272 e. The van der Waals surface area contributed by atoms with Crippen LogP contribution in [-0.4, -0.2) is 22.8 Å². The first kappa shape index (κ1) is 13.7. The number of aromatic nitrogens is 1. The van der Waals surface area contributed by atoms with Crippen LogP contribution in [0.4, 0.5) is 4.39 Å². The molecule has 1 heterocycles. The lowest BCUT2D eigenvalue weighted by Gasteiger charge is -2.17. The van der Waals surface area contributed by atoms with Crippen LogP contribution < -0.4 is 0 Å². The first-order chi connectivity index (χ1) is 9.08. The van der Waals surface area contributed by atoms with Crippen LogP contribution in [-0.2, 0) is 6.54 Å². The van der Waals surface area contributed by atoms with Crippen molar-refractivity contribution in [1.82, 2.24) is 9.88 Å². The van der Waals surface area contributed by atoms with Crippen LogP contribution in [0.25, 0.3) is 0 Å². The van der Waals surface area contributed by atoms with E-state index in [4.69, 9.17) is 0 Å². The molecule has 0 unspecified atom stereocenters. The summed E-state index contributed by atoms with van der Waals surface area (Å²) in [6.07, 6.45) is 1.56. The fourth-order valence-electron chi connectivity index (χ4n) is 1.68. The van der Waals surface area contributed by atoms with Gasteiger partial charge in [-0.1, -0.05) is 22.0 Å². The van der Waals surface area contributed by atoms with Gasteiger partial charge in [-0.25, -0.2) is 4.39 Å². The Morgan fingerprint density at radius 2 is 2.16 bits per heavy atom. The maximum atomic E-state index is 13.6. The van der Waals surface area contributed by atoms with Crippen LogP contribution in [0.3, 0.4) is 0 Å². The monoisotopic (exact) mass is 322 g/mol. The highest BCUT2D eigenvalue weighted by atomic mass is 79.9. The van der Waals surface area contributed by atoms with Gasteiger partial charge in [-0.2, -0.15) is 0 Å². The van der Waals surface area contributed by atoms with Gasteiger partial charge in [0.05, 0.1) is 0 Å². The van der Waals surface area contributed by atoms with E-state index in [0.29, 0.717) is 11.3 Å². The second-order valence-corrected chi connectivity index (χ2v) is 5.03. The molecule has 98 valence electrons. The normalized spacial score (nSPS) is 10.3. The summed E-state index contributed by atoms with van der Waals surface area (Å²) in [6.45, 7) is 0.195. The second kappa shape index (κ2) is 5.93. The van der Waals surface area contributed by atoms with E-state index in [1.54, 1.807) is 43.6 Å². The molecular weight excluding hydrogens is 311 g/mol. The fourth-order valence-corrected chi connectivity index (χ4v) is 2.09. The molecule has 0 radical (unpaired) electrons. The molecule has 0 saturated carbocycles. The maximum absolute atomic E-state index is 13.6. The molecular formula is C14H12BrFN2O. The van der Waals surface area contributed by atoms with E-state index in [0.717, 1.165) is 4.47 Å². The molecule has 0 aliphatic rings. The number of amides is 1. The van der Waals surface area contributed by atoms with Crippen molar-refractivity contribution >= 4 is 21.8 Å². The minimum atomic E-state index is -0.330. The van der Waals surface area contributed by atoms with Gasteiger partial charge >= 0.3 is 0 Å². The zero-order valence-corrected chi connectivity index (χ0v) is 11.9. The molecule has 0 bridgehead atoms. The third-order valence-corrected chi connectivity index (χ3v) is 3.14. The molecule has 19 heavy (non-hydrogen) atoms. The van der Waals surface area contributed by atoms with E-state index in [2.05, 4.69) is 20.9 Å². The summed E-state index contributed by atoms with van der Waals surface area (Å²) in [5.74, 6) is -0.566. The summed E-state index contributed by atoms with van der Waals surface area (Å²) in [5.41, 5.74) is 0.807. The zero-order chi connectivity index (χ0) is 13.8. The van der Waals surface area contributed by atoms with Crippen LogP contribution in [0.5, 0.6) is 0 Å². The molecule has 2 rings (SSSR count). The van der Waals surface area contributed by atoms with Gasteiger partial charge in [0.1, 0.15) is 11.5 Å². The molecule has 3 nitrogen and oxygen atoms in total. The Kier molecular flexibility index (Phi) is 4.27. The Morgan fingerprint density at radius 1 is 1.37 bits per heavy atom. The molecule has 0 N–H and O–H groups in total. The third kappa shape index (κ3) is 3.38. The number of carbonyl (C=O) groups excluding carboxylic acids is 1. The predicted molar refractivity (Wildman–Crippen MR) is 74.1 cm³/mol. The number of nitrogens with zero attached hydrogens (tertiary/aromatic N) is 2. The van der Waals surface area contributed by atoms with Gasteiger partial charge in [-0.3, -0.25) is 9.78 Å². The number of benzene rings is 1. The smallest absolute Gasteiger partial charge is 0.272 e. The lowest BCUT2D eigenvalue weighted by atomic mass is 10.2. The van der Waals surface area contributed by atoms with Crippen molar-refractivity contribution in [2.24, 2.45) is 0 Å². The van der Waals surface area contributed by atoms with Gasteiger partial charge in [-0.05, 0) is 30.3 Å². The summed E-state index contributed by atoms with van der Waals surface area (Å²) in [4.78, 5) is 17.5. The number of hydrogen-bond acceptors (Lipinski definition) is 2. The topological polar surface area (TPSA) is 33.2 Å².